The third kappa shape index (κ3) is 2.86. The molecule has 0 radical (unpaired) electrons. The molecule has 0 fully saturated rings. The second-order valence-corrected chi connectivity index (χ2v) is 7.19. The molecule has 31 heavy (non-hydrogen) atoms. The molecule has 0 bridgehead atoms. The summed E-state index contributed by atoms with van der Waals surface area (Å²) in [7, 11) is 0. The van der Waals surface area contributed by atoms with Gasteiger partial charge < -0.3 is 4.98 Å². The number of halogens is 1. The van der Waals surface area contributed by atoms with Gasteiger partial charge in [-0.25, -0.2) is 14.4 Å². The summed E-state index contributed by atoms with van der Waals surface area (Å²) in [6.07, 6.45) is 5.18. The predicted molar refractivity (Wildman–Crippen MR) is 118 cm³/mol. The molecule has 6 aromatic rings. The first-order valence-corrected chi connectivity index (χ1v) is 9.76. The van der Waals surface area contributed by atoms with Gasteiger partial charge in [-0.15, -0.1) is 0 Å². The molecule has 148 valence electrons. The van der Waals surface area contributed by atoms with Gasteiger partial charge in [-0.2, -0.15) is 5.10 Å². The third-order valence-corrected chi connectivity index (χ3v) is 5.32. The van der Waals surface area contributed by atoms with E-state index in [2.05, 4.69) is 25.1 Å². The number of fused-ring (bicyclic) bond motifs is 2. The fraction of sp³-hybridized carbons (Fsp3) is 0. The number of pyridine rings is 3. The van der Waals surface area contributed by atoms with Gasteiger partial charge in [0.05, 0.1) is 16.9 Å². The average molecular weight is 406 g/mol. The molecule has 7 heteroatoms. The summed E-state index contributed by atoms with van der Waals surface area (Å²) in [6, 6.07) is 18.2. The zero-order valence-corrected chi connectivity index (χ0v) is 16.2. The predicted octanol–water partition coefficient (Wildman–Crippen LogP) is 5.37. The van der Waals surface area contributed by atoms with Crippen LogP contribution >= 0.6 is 0 Å². The van der Waals surface area contributed by atoms with Crippen molar-refractivity contribution in [3.05, 3.63) is 85.1 Å². The Morgan fingerprint density at radius 1 is 0.871 bits per heavy atom. The Morgan fingerprint density at radius 3 is 2.68 bits per heavy atom. The van der Waals surface area contributed by atoms with Crippen molar-refractivity contribution in [3.63, 3.8) is 0 Å². The Balaban J connectivity index is 1.53. The van der Waals surface area contributed by atoms with Crippen LogP contribution in [0.15, 0.2) is 79.3 Å². The highest BCUT2D eigenvalue weighted by atomic mass is 19.1. The van der Waals surface area contributed by atoms with Crippen LogP contribution in [-0.2, 0) is 0 Å². The SMILES string of the molecule is Fc1ccccc1-c1ccnc2[nH]c(-c3n[nH]c4ccc(-c5cccnc5)nc34)cc12. The summed E-state index contributed by atoms with van der Waals surface area (Å²) >= 11 is 0. The molecule has 6 nitrogen and oxygen atoms in total. The first-order valence-electron chi connectivity index (χ1n) is 9.76. The van der Waals surface area contributed by atoms with Crippen LogP contribution in [0.2, 0.25) is 0 Å². The van der Waals surface area contributed by atoms with Crippen LogP contribution in [0, 0.1) is 5.82 Å². The fourth-order valence-corrected chi connectivity index (χ4v) is 3.83. The van der Waals surface area contributed by atoms with Crippen LogP contribution in [0.25, 0.3) is 55.8 Å². The van der Waals surface area contributed by atoms with Gasteiger partial charge in [-0.05, 0) is 48.0 Å². The van der Waals surface area contributed by atoms with Gasteiger partial charge in [-0.1, -0.05) is 18.2 Å². The lowest BCUT2D eigenvalue weighted by molar-refractivity contribution is 0.631. The van der Waals surface area contributed by atoms with Gasteiger partial charge in [-0.3, -0.25) is 10.1 Å². The standard InChI is InChI=1S/C24H15FN6/c25-18-6-2-1-5-16(18)15-9-11-27-24-17(15)12-21(29-24)23-22-20(30-31-23)8-7-19(28-22)14-4-3-10-26-13-14/h1-13H,(H,27,29)(H,30,31). The molecule has 0 aliphatic heterocycles. The third-order valence-electron chi connectivity index (χ3n) is 5.32. The smallest absolute Gasteiger partial charge is 0.138 e. The number of hydrogen-bond donors (Lipinski definition) is 2. The Labute approximate surface area is 175 Å². The number of rotatable bonds is 3. The summed E-state index contributed by atoms with van der Waals surface area (Å²) in [5.41, 5.74) is 6.70. The number of nitrogens with one attached hydrogen (secondary N) is 2. The van der Waals surface area contributed by atoms with Crippen LogP contribution in [0.1, 0.15) is 0 Å². The highest BCUT2D eigenvalue weighted by molar-refractivity contribution is 5.99. The van der Waals surface area contributed by atoms with E-state index in [-0.39, 0.29) is 5.82 Å². The van der Waals surface area contributed by atoms with E-state index in [0.717, 1.165) is 38.9 Å². The van der Waals surface area contributed by atoms with Crippen LogP contribution in [0.4, 0.5) is 4.39 Å². The van der Waals surface area contributed by atoms with Gasteiger partial charge in [0.1, 0.15) is 22.7 Å². The van der Waals surface area contributed by atoms with E-state index >= 15 is 0 Å². The zero-order valence-electron chi connectivity index (χ0n) is 16.2. The molecule has 0 atom stereocenters. The van der Waals surface area contributed by atoms with Crippen molar-refractivity contribution in [2.45, 2.75) is 0 Å². The molecule has 0 saturated carbocycles. The number of aromatic amines is 2. The topological polar surface area (TPSA) is 83.1 Å². The number of H-pyrrole nitrogens is 2. The molecule has 6 rings (SSSR count). The van der Waals surface area contributed by atoms with E-state index in [1.165, 1.54) is 6.07 Å². The quantitative estimate of drug-likeness (QED) is 0.414. The lowest BCUT2D eigenvalue weighted by Crippen LogP contribution is -1.86. The number of aromatic nitrogens is 6. The van der Waals surface area contributed by atoms with Gasteiger partial charge in [0.25, 0.3) is 0 Å². The lowest BCUT2D eigenvalue weighted by atomic mass is 10.0. The van der Waals surface area contributed by atoms with Gasteiger partial charge in [0.15, 0.2) is 0 Å². The van der Waals surface area contributed by atoms with Crippen molar-refractivity contribution in [2.75, 3.05) is 0 Å². The minimum Gasteiger partial charge on any atom is -0.338 e. The maximum Gasteiger partial charge on any atom is 0.138 e. The molecule has 0 aliphatic rings. The lowest BCUT2D eigenvalue weighted by Gasteiger charge is -2.04. The van der Waals surface area contributed by atoms with Crippen molar-refractivity contribution in [1.82, 2.24) is 30.1 Å². The van der Waals surface area contributed by atoms with Crippen LogP contribution in [0.3, 0.4) is 0 Å². The molecule has 0 aliphatic carbocycles. The highest BCUT2D eigenvalue weighted by Gasteiger charge is 2.16. The van der Waals surface area contributed by atoms with Crippen molar-refractivity contribution in [1.29, 1.82) is 0 Å². The van der Waals surface area contributed by atoms with Crippen LogP contribution in [0.5, 0.6) is 0 Å². The van der Waals surface area contributed by atoms with Crippen molar-refractivity contribution >= 4 is 22.1 Å². The summed E-state index contributed by atoms with van der Waals surface area (Å²) in [4.78, 5) is 16.7. The molecular weight excluding hydrogens is 391 g/mol. The molecular formula is C24H15FN6. The van der Waals surface area contributed by atoms with Gasteiger partial charge >= 0.3 is 0 Å². The molecule has 5 aromatic heterocycles. The Bertz CT molecular complexity index is 1550. The first kappa shape index (κ1) is 17.5. The van der Waals surface area contributed by atoms with Gasteiger partial charge in [0, 0.05) is 35.1 Å². The zero-order chi connectivity index (χ0) is 20.8. The summed E-state index contributed by atoms with van der Waals surface area (Å²) < 4.78 is 14.4. The summed E-state index contributed by atoms with van der Waals surface area (Å²) in [6.45, 7) is 0. The van der Waals surface area contributed by atoms with E-state index in [9.17, 15) is 4.39 Å². The maximum atomic E-state index is 14.4. The molecule has 2 N–H and O–H groups in total. The van der Waals surface area contributed by atoms with E-state index in [0.29, 0.717) is 16.9 Å². The van der Waals surface area contributed by atoms with Crippen molar-refractivity contribution in [3.8, 4) is 33.8 Å². The first-order chi connectivity index (χ1) is 15.3. The maximum absolute atomic E-state index is 14.4. The Hall–Kier alpha value is -4.39. The second-order valence-electron chi connectivity index (χ2n) is 7.19. The van der Waals surface area contributed by atoms with Gasteiger partial charge in [0.2, 0.25) is 0 Å². The molecule has 0 unspecified atom stereocenters. The molecule has 0 saturated heterocycles. The summed E-state index contributed by atoms with van der Waals surface area (Å²) in [5.74, 6) is -0.272. The van der Waals surface area contributed by atoms with Crippen molar-refractivity contribution < 1.29 is 4.39 Å². The molecule has 5 heterocycles. The van der Waals surface area contributed by atoms with E-state index in [4.69, 9.17) is 4.98 Å². The van der Waals surface area contributed by atoms with Crippen LogP contribution < -0.4 is 0 Å². The number of nitrogens with zero attached hydrogens (tertiary/aromatic N) is 4. The molecule has 1 aromatic carbocycles. The van der Waals surface area contributed by atoms with E-state index < -0.39 is 0 Å². The highest BCUT2D eigenvalue weighted by Crippen LogP contribution is 2.34. The monoisotopic (exact) mass is 406 g/mol. The van der Waals surface area contributed by atoms with E-state index in [1.54, 1.807) is 30.7 Å². The molecule has 0 spiro atoms. The van der Waals surface area contributed by atoms with Crippen molar-refractivity contribution in [2.24, 2.45) is 0 Å². The number of benzene rings is 1. The molecule has 0 amide bonds. The Morgan fingerprint density at radius 2 is 1.81 bits per heavy atom. The largest absolute Gasteiger partial charge is 0.338 e. The Kier molecular flexibility index (Phi) is 3.86. The minimum atomic E-state index is -0.272. The minimum absolute atomic E-state index is 0.272. The normalized spacial score (nSPS) is 11.4. The summed E-state index contributed by atoms with van der Waals surface area (Å²) in [5, 5.41) is 8.34. The average Bonchev–Trinajstić information content (AvgIpc) is 3.43. The second kappa shape index (κ2) is 6.84. The fourth-order valence-electron chi connectivity index (χ4n) is 3.83. The number of hydrogen-bond acceptors (Lipinski definition) is 4. The van der Waals surface area contributed by atoms with E-state index in [1.807, 2.05) is 42.5 Å². The van der Waals surface area contributed by atoms with Crippen LogP contribution in [-0.4, -0.2) is 30.1 Å².